The van der Waals surface area contributed by atoms with Crippen LogP contribution in [0.4, 0.5) is 10.1 Å². The molecule has 2 amide bonds. The number of hydrogen-bond donors (Lipinski definition) is 2. The minimum absolute atomic E-state index is 0.0568. The van der Waals surface area contributed by atoms with Crippen molar-refractivity contribution in [3.63, 3.8) is 0 Å². The van der Waals surface area contributed by atoms with Gasteiger partial charge < -0.3 is 20.3 Å². The van der Waals surface area contributed by atoms with E-state index in [1.165, 1.54) is 12.1 Å². The molecule has 0 bridgehead atoms. The average Bonchev–Trinajstić information content (AvgIpc) is 3.43. The highest BCUT2D eigenvalue weighted by atomic mass is 32.1. The van der Waals surface area contributed by atoms with Gasteiger partial charge >= 0.3 is 11.8 Å². The lowest BCUT2D eigenvalue weighted by Crippen LogP contribution is -2.53. The Morgan fingerprint density at radius 1 is 1.00 bits per heavy atom. The zero-order valence-corrected chi connectivity index (χ0v) is 21.3. The largest absolute Gasteiger partial charge is 0.495 e. The van der Waals surface area contributed by atoms with E-state index >= 15 is 0 Å². The molecule has 1 fully saturated rings. The number of halogens is 1. The van der Waals surface area contributed by atoms with Crippen LogP contribution in [0.15, 0.2) is 66.0 Å². The van der Waals surface area contributed by atoms with Gasteiger partial charge in [-0.3, -0.25) is 14.5 Å². The number of benzene rings is 2. The Kier molecular flexibility index (Phi) is 8.56. The molecule has 190 valence electrons. The van der Waals surface area contributed by atoms with Gasteiger partial charge in [0.25, 0.3) is 0 Å². The number of nitrogens with one attached hydrogen (secondary N) is 2. The minimum atomic E-state index is -0.711. The number of thiophene rings is 1. The van der Waals surface area contributed by atoms with Crippen LogP contribution in [0.5, 0.6) is 5.75 Å². The van der Waals surface area contributed by atoms with Gasteiger partial charge in [0.2, 0.25) is 0 Å². The smallest absolute Gasteiger partial charge is 0.309 e. The summed E-state index contributed by atoms with van der Waals surface area (Å²) in [6.07, 6.45) is 0. The summed E-state index contributed by atoms with van der Waals surface area (Å²) in [6.45, 7) is 5.33. The van der Waals surface area contributed by atoms with E-state index in [-0.39, 0.29) is 24.4 Å². The predicted molar refractivity (Wildman–Crippen MR) is 140 cm³/mol. The lowest BCUT2D eigenvalue weighted by molar-refractivity contribution is -0.140. The number of methoxy groups -OCH3 is 1. The highest BCUT2D eigenvalue weighted by molar-refractivity contribution is 7.10. The molecular weight excluding hydrogens is 479 g/mol. The third-order valence-corrected chi connectivity index (χ3v) is 7.32. The van der Waals surface area contributed by atoms with Crippen molar-refractivity contribution in [1.82, 2.24) is 15.5 Å². The van der Waals surface area contributed by atoms with Gasteiger partial charge in [-0.1, -0.05) is 30.3 Å². The summed E-state index contributed by atoms with van der Waals surface area (Å²) in [6, 6.07) is 17.5. The summed E-state index contributed by atoms with van der Waals surface area (Å²) in [4.78, 5) is 30.9. The number of amides is 2. The molecule has 4 rings (SSSR count). The third-order valence-electron chi connectivity index (χ3n) is 6.37. The maximum Gasteiger partial charge on any atom is 0.309 e. The van der Waals surface area contributed by atoms with Crippen LogP contribution >= 0.6 is 11.3 Å². The molecule has 7 nitrogen and oxygen atoms in total. The van der Waals surface area contributed by atoms with Gasteiger partial charge in [-0.05, 0) is 48.2 Å². The molecule has 1 aromatic heterocycles. The predicted octanol–water partition coefficient (Wildman–Crippen LogP) is 3.58. The first-order valence-corrected chi connectivity index (χ1v) is 12.8. The fourth-order valence-electron chi connectivity index (χ4n) is 4.55. The second-order valence-electron chi connectivity index (χ2n) is 8.73. The van der Waals surface area contributed by atoms with E-state index in [0.717, 1.165) is 48.1 Å². The Bertz CT molecular complexity index is 1150. The van der Waals surface area contributed by atoms with E-state index in [0.29, 0.717) is 0 Å². The van der Waals surface area contributed by atoms with Gasteiger partial charge in [-0.2, -0.15) is 0 Å². The topological polar surface area (TPSA) is 73.9 Å². The molecule has 36 heavy (non-hydrogen) atoms. The molecule has 2 aromatic carbocycles. The maximum atomic E-state index is 13.1. The molecule has 0 aliphatic carbocycles. The van der Waals surface area contributed by atoms with Crippen LogP contribution in [0.3, 0.4) is 0 Å². The van der Waals surface area contributed by atoms with E-state index in [9.17, 15) is 14.0 Å². The standard InChI is InChI=1S/C27H31FN4O3S/c1-19(30-27(34)26(33)29-18-20-9-11-21(28)12-10-20)25(24-8-5-17-36-24)32-15-13-31(14-16-32)22-6-3-4-7-23(22)35-2/h3-12,17,19,25H,13-16,18H2,1-2H3,(H,29,33)(H,30,34). The number of anilines is 1. The number of ether oxygens (including phenoxy) is 1. The second-order valence-corrected chi connectivity index (χ2v) is 9.71. The first-order chi connectivity index (χ1) is 17.5. The molecule has 2 heterocycles. The van der Waals surface area contributed by atoms with Crippen molar-refractivity contribution in [2.75, 3.05) is 38.2 Å². The monoisotopic (exact) mass is 510 g/mol. The van der Waals surface area contributed by atoms with Gasteiger partial charge in [-0.25, -0.2) is 4.39 Å². The number of carbonyl (C=O) groups excluding carboxylic acids is 2. The van der Waals surface area contributed by atoms with E-state index in [1.807, 2.05) is 36.6 Å². The highest BCUT2D eigenvalue weighted by Gasteiger charge is 2.32. The normalized spacial score (nSPS) is 15.7. The van der Waals surface area contributed by atoms with E-state index < -0.39 is 11.8 Å². The molecular formula is C27H31FN4O3S. The quantitative estimate of drug-likeness (QED) is 0.453. The van der Waals surface area contributed by atoms with E-state index in [4.69, 9.17) is 4.74 Å². The molecule has 0 spiro atoms. The lowest BCUT2D eigenvalue weighted by Gasteiger charge is -2.42. The molecule has 3 aromatic rings. The molecule has 2 atom stereocenters. The fourth-order valence-corrected chi connectivity index (χ4v) is 5.51. The number of nitrogens with zero attached hydrogens (tertiary/aromatic N) is 2. The summed E-state index contributed by atoms with van der Waals surface area (Å²) in [5.74, 6) is -0.885. The Balaban J connectivity index is 1.38. The number of piperazine rings is 1. The van der Waals surface area contributed by atoms with E-state index in [2.05, 4.69) is 32.6 Å². The Labute approximate surface area is 214 Å². The van der Waals surface area contributed by atoms with Gasteiger partial charge in [0.05, 0.1) is 18.8 Å². The van der Waals surface area contributed by atoms with Gasteiger partial charge in [0.1, 0.15) is 11.6 Å². The van der Waals surface area contributed by atoms with Crippen LogP contribution in [0.25, 0.3) is 0 Å². The van der Waals surface area contributed by atoms with Crippen LogP contribution in [-0.4, -0.2) is 56.0 Å². The van der Waals surface area contributed by atoms with Crippen LogP contribution in [0.1, 0.15) is 23.4 Å². The summed E-state index contributed by atoms with van der Waals surface area (Å²) >= 11 is 1.64. The summed E-state index contributed by atoms with van der Waals surface area (Å²) in [5, 5.41) is 7.53. The summed E-state index contributed by atoms with van der Waals surface area (Å²) in [5.41, 5.74) is 1.79. The molecule has 1 saturated heterocycles. The second kappa shape index (κ2) is 12.0. The number of hydrogen-bond acceptors (Lipinski definition) is 6. The Morgan fingerprint density at radius 2 is 1.72 bits per heavy atom. The van der Waals surface area contributed by atoms with Gasteiger partial charge in [0, 0.05) is 43.6 Å². The van der Waals surface area contributed by atoms with Crippen molar-refractivity contribution in [3.8, 4) is 5.75 Å². The van der Waals surface area contributed by atoms with Crippen molar-refractivity contribution in [2.45, 2.75) is 25.6 Å². The maximum absolute atomic E-state index is 13.1. The molecule has 0 saturated carbocycles. The average molecular weight is 511 g/mol. The third kappa shape index (κ3) is 6.22. The highest BCUT2D eigenvalue weighted by Crippen LogP contribution is 2.32. The van der Waals surface area contributed by atoms with E-state index in [1.54, 1.807) is 30.6 Å². The van der Waals surface area contributed by atoms with Crippen molar-refractivity contribution in [1.29, 1.82) is 0 Å². The molecule has 2 unspecified atom stereocenters. The molecule has 1 aliphatic heterocycles. The van der Waals surface area contributed by atoms with Crippen molar-refractivity contribution in [2.24, 2.45) is 0 Å². The SMILES string of the molecule is COc1ccccc1N1CCN(C(c2cccs2)C(C)NC(=O)C(=O)NCc2ccc(F)cc2)CC1. The van der Waals surface area contributed by atoms with Gasteiger partial charge in [-0.15, -0.1) is 11.3 Å². The van der Waals surface area contributed by atoms with Gasteiger partial charge in [0.15, 0.2) is 0 Å². The molecule has 0 radical (unpaired) electrons. The van der Waals surface area contributed by atoms with Crippen molar-refractivity contribution in [3.05, 3.63) is 82.3 Å². The zero-order chi connectivity index (χ0) is 25.5. The van der Waals surface area contributed by atoms with Crippen molar-refractivity contribution >= 4 is 28.8 Å². The van der Waals surface area contributed by atoms with Crippen molar-refractivity contribution < 1.29 is 18.7 Å². The Hall–Kier alpha value is -3.43. The van der Waals surface area contributed by atoms with Crippen LogP contribution in [0, 0.1) is 5.82 Å². The van der Waals surface area contributed by atoms with Crippen LogP contribution in [0.2, 0.25) is 0 Å². The number of para-hydroxylation sites is 2. The zero-order valence-electron chi connectivity index (χ0n) is 20.4. The lowest BCUT2D eigenvalue weighted by atomic mass is 10.0. The number of carbonyl (C=O) groups is 2. The molecule has 9 heteroatoms. The number of rotatable bonds is 8. The summed E-state index contributed by atoms with van der Waals surface area (Å²) < 4.78 is 18.6. The Morgan fingerprint density at radius 3 is 2.39 bits per heavy atom. The van der Waals surface area contributed by atoms with Crippen LogP contribution in [-0.2, 0) is 16.1 Å². The fraction of sp³-hybridized carbons (Fsp3) is 0.333. The molecule has 1 aliphatic rings. The summed E-state index contributed by atoms with van der Waals surface area (Å²) in [7, 11) is 1.68. The van der Waals surface area contributed by atoms with Crippen LogP contribution < -0.4 is 20.3 Å². The first-order valence-electron chi connectivity index (χ1n) is 11.9. The minimum Gasteiger partial charge on any atom is -0.495 e. The first kappa shape index (κ1) is 25.7. The molecule has 2 N–H and O–H groups in total.